The van der Waals surface area contributed by atoms with Crippen molar-refractivity contribution in [1.29, 1.82) is 0 Å². The average Bonchev–Trinajstić information content (AvgIpc) is 2.51. The minimum atomic E-state index is -0.241. The molecule has 2 aromatic carbocycles. The van der Waals surface area contributed by atoms with E-state index in [0.29, 0.717) is 5.56 Å². The first-order valence-corrected chi connectivity index (χ1v) is 8.88. The van der Waals surface area contributed by atoms with Crippen LogP contribution in [0.3, 0.4) is 0 Å². The van der Waals surface area contributed by atoms with Crippen molar-refractivity contribution in [2.75, 3.05) is 5.75 Å². The molecule has 7 heteroatoms. The molecule has 0 bridgehead atoms. The van der Waals surface area contributed by atoms with Crippen LogP contribution in [0.15, 0.2) is 44.8 Å². The summed E-state index contributed by atoms with van der Waals surface area (Å²) in [5.74, 6) is -0.149. The Morgan fingerprint density at radius 1 is 1.25 bits per heavy atom. The van der Waals surface area contributed by atoms with Crippen LogP contribution in [0.4, 0.5) is 0 Å². The van der Waals surface area contributed by atoms with Gasteiger partial charge in [0.05, 0.1) is 12.0 Å². The van der Waals surface area contributed by atoms with Crippen molar-refractivity contribution in [3.63, 3.8) is 0 Å². The van der Waals surface area contributed by atoms with E-state index in [2.05, 4.69) is 26.5 Å². The maximum atomic E-state index is 11.9. The molecule has 0 radical (unpaired) electrons. The molecular formula is C17H17BrN2O3S. The van der Waals surface area contributed by atoms with E-state index >= 15 is 0 Å². The lowest BCUT2D eigenvalue weighted by Crippen LogP contribution is -2.19. The number of nitrogens with one attached hydrogen (secondary N) is 1. The molecule has 24 heavy (non-hydrogen) atoms. The number of nitrogens with zero attached hydrogens (tertiary/aromatic N) is 1. The standard InChI is InChI=1S/C17H17BrN2O3S/c1-10-6-16(11(2)5-14(10)18)24-9-17(23)20-19-8-12-3-4-13(21)7-15(12)22/h3-8,21-22H,9H2,1-2H3,(H,20,23)/b19-8+. The van der Waals surface area contributed by atoms with Crippen molar-refractivity contribution in [1.82, 2.24) is 5.43 Å². The van der Waals surface area contributed by atoms with Crippen molar-refractivity contribution in [3.05, 3.63) is 51.5 Å². The number of aryl methyl sites for hydroxylation is 2. The first-order valence-electron chi connectivity index (χ1n) is 7.10. The molecule has 5 nitrogen and oxygen atoms in total. The summed E-state index contributed by atoms with van der Waals surface area (Å²) in [5, 5.41) is 22.6. The number of hydrogen-bond donors (Lipinski definition) is 3. The number of phenolic OH excluding ortho intramolecular Hbond substituents is 2. The zero-order chi connectivity index (χ0) is 17.7. The molecular weight excluding hydrogens is 392 g/mol. The molecule has 0 saturated carbocycles. The normalized spacial score (nSPS) is 11.0. The zero-order valence-electron chi connectivity index (χ0n) is 13.2. The second kappa shape index (κ2) is 8.21. The van der Waals surface area contributed by atoms with E-state index in [9.17, 15) is 15.0 Å². The third-order valence-corrected chi connectivity index (χ3v) is 5.23. The van der Waals surface area contributed by atoms with E-state index in [0.717, 1.165) is 20.5 Å². The molecule has 0 aliphatic carbocycles. The number of thioether (sulfide) groups is 1. The van der Waals surface area contributed by atoms with Gasteiger partial charge in [0.1, 0.15) is 11.5 Å². The number of carbonyl (C=O) groups is 1. The molecule has 3 N–H and O–H groups in total. The molecule has 0 aliphatic rings. The molecule has 0 atom stereocenters. The number of amides is 1. The Morgan fingerprint density at radius 2 is 2.00 bits per heavy atom. The lowest BCUT2D eigenvalue weighted by Gasteiger charge is -2.08. The van der Waals surface area contributed by atoms with Crippen LogP contribution in [-0.2, 0) is 4.79 Å². The summed E-state index contributed by atoms with van der Waals surface area (Å²) < 4.78 is 1.05. The van der Waals surface area contributed by atoms with Crippen molar-refractivity contribution in [2.45, 2.75) is 18.7 Å². The number of benzene rings is 2. The number of phenols is 2. The fourth-order valence-corrected chi connectivity index (χ4v) is 3.26. The third kappa shape index (κ3) is 5.01. The number of carbonyl (C=O) groups excluding carboxylic acids is 1. The number of halogens is 1. The molecule has 2 aromatic rings. The molecule has 0 fully saturated rings. The van der Waals surface area contributed by atoms with E-state index in [1.807, 2.05) is 26.0 Å². The molecule has 0 heterocycles. The molecule has 0 spiro atoms. The molecule has 1 amide bonds. The number of aromatic hydroxyl groups is 2. The first-order chi connectivity index (χ1) is 11.4. The summed E-state index contributed by atoms with van der Waals surface area (Å²) in [6, 6.07) is 8.20. The van der Waals surface area contributed by atoms with Crippen LogP contribution in [0.25, 0.3) is 0 Å². The fraction of sp³-hybridized carbons (Fsp3) is 0.176. The smallest absolute Gasteiger partial charge is 0.250 e. The molecule has 2 rings (SSSR count). The summed E-state index contributed by atoms with van der Waals surface area (Å²) in [5.41, 5.74) is 5.03. The van der Waals surface area contributed by atoms with E-state index in [1.54, 1.807) is 0 Å². The second-order valence-corrected chi connectivity index (χ2v) is 7.06. The average molecular weight is 409 g/mol. The topological polar surface area (TPSA) is 81.9 Å². The number of hydrogen-bond acceptors (Lipinski definition) is 5. The van der Waals surface area contributed by atoms with Crippen molar-refractivity contribution >= 4 is 39.8 Å². The van der Waals surface area contributed by atoms with Gasteiger partial charge in [-0.1, -0.05) is 15.9 Å². The van der Waals surface area contributed by atoms with Gasteiger partial charge < -0.3 is 10.2 Å². The number of hydrazone groups is 1. The molecule has 0 aromatic heterocycles. The fourth-order valence-electron chi connectivity index (χ4n) is 1.90. The molecule has 126 valence electrons. The van der Waals surface area contributed by atoms with Gasteiger partial charge in [-0.15, -0.1) is 11.8 Å². The maximum Gasteiger partial charge on any atom is 0.250 e. The highest BCUT2D eigenvalue weighted by molar-refractivity contribution is 9.10. The summed E-state index contributed by atoms with van der Waals surface area (Å²) in [7, 11) is 0. The SMILES string of the molecule is Cc1cc(SCC(=O)N/N=C/c2ccc(O)cc2O)c(C)cc1Br. The third-order valence-electron chi connectivity index (χ3n) is 3.22. The Bertz CT molecular complexity index is 794. The van der Waals surface area contributed by atoms with Crippen LogP contribution in [0, 0.1) is 13.8 Å². The van der Waals surface area contributed by atoms with Gasteiger partial charge in [-0.05, 0) is 49.2 Å². The minimum absolute atomic E-state index is 0.0368. The van der Waals surface area contributed by atoms with E-state index in [4.69, 9.17) is 0 Å². The monoisotopic (exact) mass is 408 g/mol. The van der Waals surface area contributed by atoms with Gasteiger partial charge in [-0.25, -0.2) is 5.43 Å². The molecule has 0 aliphatic heterocycles. The predicted molar refractivity (Wildman–Crippen MR) is 99.8 cm³/mol. The Hall–Kier alpha value is -1.99. The maximum absolute atomic E-state index is 11.9. The second-order valence-electron chi connectivity index (χ2n) is 5.19. The Kier molecular flexibility index (Phi) is 6.28. The van der Waals surface area contributed by atoms with Crippen LogP contribution < -0.4 is 5.43 Å². The highest BCUT2D eigenvalue weighted by Gasteiger charge is 2.07. The summed E-state index contributed by atoms with van der Waals surface area (Å²) in [6.45, 7) is 4.00. The van der Waals surface area contributed by atoms with Crippen LogP contribution >= 0.6 is 27.7 Å². The van der Waals surface area contributed by atoms with Crippen LogP contribution in [0.1, 0.15) is 16.7 Å². The van der Waals surface area contributed by atoms with E-state index < -0.39 is 0 Å². The quantitative estimate of drug-likeness (QED) is 0.400. The largest absolute Gasteiger partial charge is 0.508 e. The lowest BCUT2D eigenvalue weighted by molar-refractivity contribution is -0.118. The van der Waals surface area contributed by atoms with Gasteiger partial charge in [-0.2, -0.15) is 5.10 Å². The first kappa shape index (κ1) is 18.4. The Balaban J connectivity index is 1.90. The summed E-state index contributed by atoms with van der Waals surface area (Å²) in [6.07, 6.45) is 1.33. The van der Waals surface area contributed by atoms with E-state index in [-0.39, 0.29) is 23.2 Å². The summed E-state index contributed by atoms with van der Waals surface area (Å²) >= 11 is 4.92. The Morgan fingerprint density at radius 3 is 2.71 bits per heavy atom. The van der Waals surface area contributed by atoms with Gasteiger partial charge >= 0.3 is 0 Å². The van der Waals surface area contributed by atoms with Gasteiger partial charge in [-0.3, -0.25) is 4.79 Å². The van der Waals surface area contributed by atoms with E-state index in [1.165, 1.54) is 36.2 Å². The minimum Gasteiger partial charge on any atom is -0.508 e. The van der Waals surface area contributed by atoms with Gasteiger partial charge in [0.15, 0.2) is 0 Å². The van der Waals surface area contributed by atoms with Crippen LogP contribution in [0.2, 0.25) is 0 Å². The van der Waals surface area contributed by atoms with Gasteiger partial charge in [0.25, 0.3) is 0 Å². The van der Waals surface area contributed by atoms with Crippen molar-refractivity contribution < 1.29 is 15.0 Å². The summed E-state index contributed by atoms with van der Waals surface area (Å²) in [4.78, 5) is 12.9. The van der Waals surface area contributed by atoms with Gasteiger partial charge in [0.2, 0.25) is 5.91 Å². The molecule has 0 saturated heterocycles. The highest BCUT2D eigenvalue weighted by Crippen LogP contribution is 2.28. The Labute approximate surface area is 152 Å². The number of rotatable bonds is 5. The van der Waals surface area contributed by atoms with Crippen LogP contribution in [0.5, 0.6) is 11.5 Å². The van der Waals surface area contributed by atoms with Gasteiger partial charge in [0, 0.05) is 21.0 Å². The zero-order valence-corrected chi connectivity index (χ0v) is 15.6. The van der Waals surface area contributed by atoms with Crippen LogP contribution in [-0.4, -0.2) is 28.1 Å². The van der Waals surface area contributed by atoms with Crippen molar-refractivity contribution in [2.24, 2.45) is 5.10 Å². The van der Waals surface area contributed by atoms with Crippen molar-refractivity contribution in [3.8, 4) is 11.5 Å². The lowest BCUT2D eigenvalue weighted by atomic mass is 10.2. The predicted octanol–water partition coefficient (Wildman–Crippen LogP) is 3.72. The molecule has 0 unspecified atom stereocenters. The highest BCUT2D eigenvalue weighted by atomic mass is 79.9.